The molecular weight excluding hydrogens is 667 g/mol. The number of imide groups is 1. The first kappa shape index (κ1) is 31.6. The second kappa shape index (κ2) is 14.7. The molecule has 0 bridgehead atoms. The van der Waals surface area contributed by atoms with E-state index >= 15 is 0 Å². The van der Waals surface area contributed by atoms with E-state index in [1.165, 1.54) is 18.2 Å². The molecule has 0 saturated carbocycles. The number of halogens is 3. The number of benzene rings is 3. The fraction of sp³-hybridized carbons (Fsp3) is 0.200. The highest BCUT2D eigenvalue weighted by molar-refractivity contribution is 9.10. The van der Waals surface area contributed by atoms with Gasteiger partial charge >= 0.3 is 5.97 Å². The summed E-state index contributed by atoms with van der Waals surface area (Å²) >= 11 is 16.3. The van der Waals surface area contributed by atoms with Crippen molar-refractivity contribution in [2.75, 3.05) is 18.5 Å². The van der Waals surface area contributed by atoms with Gasteiger partial charge in [-0.1, -0.05) is 54.7 Å². The fourth-order valence-electron chi connectivity index (χ4n) is 3.74. The van der Waals surface area contributed by atoms with Gasteiger partial charge in [0.05, 0.1) is 26.6 Å². The predicted octanol–water partition coefficient (Wildman–Crippen LogP) is 7.97. The van der Waals surface area contributed by atoms with Crippen LogP contribution in [0.3, 0.4) is 0 Å². The van der Waals surface area contributed by atoms with Crippen LogP contribution in [0.5, 0.6) is 5.75 Å². The van der Waals surface area contributed by atoms with Crippen molar-refractivity contribution in [3.05, 3.63) is 96.8 Å². The molecule has 3 amide bonds. The minimum atomic E-state index is -0.615. The minimum absolute atomic E-state index is 0.104. The van der Waals surface area contributed by atoms with Gasteiger partial charge in [0.15, 0.2) is 0 Å². The molecule has 0 spiro atoms. The summed E-state index contributed by atoms with van der Waals surface area (Å²) in [5, 5.41) is 2.85. The Hall–Kier alpha value is -3.31. The molecule has 0 radical (unpaired) electrons. The molecule has 1 fully saturated rings. The number of esters is 1. The van der Waals surface area contributed by atoms with Crippen molar-refractivity contribution in [1.29, 1.82) is 0 Å². The number of nitrogens with zero attached hydrogens (tertiary/aromatic N) is 1. The van der Waals surface area contributed by atoms with E-state index in [9.17, 15) is 19.2 Å². The zero-order valence-corrected chi connectivity index (χ0v) is 26.2. The van der Waals surface area contributed by atoms with Crippen LogP contribution in [-0.4, -0.2) is 41.1 Å². The lowest BCUT2D eigenvalue weighted by molar-refractivity contribution is -0.127. The second-order valence-electron chi connectivity index (χ2n) is 9.11. The maximum absolute atomic E-state index is 13.0. The fourth-order valence-corrected chi connectivity index (χ4v) is 5.41. The number of nitrogens with one attached hydrogen (secondary N) is 1. The van der Waals surface area contributed by atoms with E-state index in [0.29, 0.717) is 33.8 Å². The summed E-state index contributed by atoms with van der Waals surface area (Å²) in [4.78, 5) is 51.6. The maximum Gasteiger partial charge on any atom is 0.339 e. The lowest BCUT2D eigenvalue weighted by Gasteiger charge is -2.13. The highest BCUT2D eigenvalue weighted by atomic mass is 79.9. The molecule has 0 atom stereocenters. The van der Waals surface area contributed by atoms with E-state index in [0.717, 1.165) is 28.6 Å². The summed E-state index contributed by atoms with van der Waals surface area (Å²) in [6.07, 6.45) is 3.16. The molecular formula is C30H25BrCl2N2O6S. The van der Waals surface area contributed by atoms with Crippen LogP contribution in [-0.2, 0) is 20.9 Å². The standard InChI is InChI=1S/C30H25BrCl2N2O6S/c1-2-3-12-40-29(38)22-15-21(9-10-24(22)33)34-27(36)16-35-28(37)26(42-30(35)39)14-19-6-11-25(23(31)13-19)41-17-18-4-7-20(32)8-5-18/h4-11,13-15H,2-3,12,16-17H2,1H3,(H,34,36)/b26-14+. The number of rotatable bonds is 11. The quantitative estimate of drug-likeness (QED) is 0.124. The van der Waals surface area contributed by atoms with Crippen LogP contribution in [0, 0.1) is 0 Å². The van der Waals surface area contributed by atoms with E-state index in [1.54, 1.807) is 36.4 Å². The molecule has 1 aliphatic rings. The average molecular weight is 692 g/mol. The van der Waals surface area contributed by atoms with Crippen LogP contribution >= 0.6 is 50.9 Å². The molecule has 1 N–H and O–H groups in total. The topological polar surface area (TPSA) is 102 Å². The number of carbonyl (C=O) groups is 4. The van der Waals surface area contributed by atoms with Gasteiger partial charge in [-0.3, -0.25) is 19.3 Å². The van der Waals surface area contributed by atoms with Crippen molar-refractivity contribution in [2.24, 2.45) is 0 Å². The molecule has 218 valence electrons. The lowest BCUT2D eigenvalue weighted by Crippen LogP contribution is -2.36. The zero-order valence-electron chi connectivity index (χ0n) is 22.3. The first-order valence-electron chi connectivity index (χ1n) is 12.8. The van der Waals surface area contributed by atoms with Gasteiger partial charge in [-0.2, -0.15) is 0 Å². The largest absolute Gasteiger partial charge is 0.488 e. The summed E-state index contributed by atoms with van der Waals surface area (Å²) in [5.74, 6) is -1.20. The van der Waals surface area contributed by atoms with Gasteiger partial charge in [-0.05, 0) is 93.8 Å². The summed E-state index contributed by atoms with van der Waals surface area (Å²) in [5.41, 5.74) is 1.99. The van der Waals surface area contributed by atoms with Gasteiger partial charge in [0, 0.05) is 10.7 Å². The Morgan fingerprint density at radius 2 is 1.81 bits per heavy atom. The first-order valence-corrected chi connectivity index (χ1v) is 15.2. The number of thioether (sulfide) groups is 1. The Morgan fingerprint density at radius 3 is 2.52 bits per heavy atom. The molecule has 0 unspecified atom stereocenters. The van der Waals surface area contributed by atoms with E-state index in [1.807, 2.05) is 19.1 Å². The monoisotopic (exact) mass is 690 g/mol. The summed E-state index contributed by atoms with van der Waals surface area (Å²) in [7, 11) is 0. The van der Waals surface area contributed by atoms with Gasteiger partial charge in [0.25, 0.3) is 11.1 Å². The normalized spacial score (nSPS) is 13.9. The van der Waals surface area contributed by atoms with E-state index in [2.05, 4.69) is 21.2 Å². The Labute approximate surface area is 265 Å². The van der Waals surface area contributed by atoms with Gasteiger partial charge in [0.1, 0.15) is 18.9 Å². The second-order valence-corrected chi connectivity index (χ2v) is 11.8. The minimum Gasteiger partial charge on any atom is -0.488 e. The third-order valence-electron chi connectivity index (χ3n) is 5.94. The summed E-state index contributed by atoms with van der Waals surface area (Å²) in [6, 6.07) is 17.0. The Kier molecular flexibility index (Phi) is 11.1. The van der Waals surface area contributed by atoms with Crippen LogP contribution < -0.4 is 10.1 Å². The summed E-state index contributed by atoms with van der Waals surface area (Å²) < 4.78 is 11.7. The maximum atomic E-state index is 13.0. The van der Waals surface area contributed by atoms with E-state index in [-0.39, 0.29) is 27.8 Å². The molecule has 42 heavy (non-hydrogen) atoms. The number of ether oxygens (including phenoxy) is 2. The number of carbonyl (C=O) groups excluding carboxylic acids is 4. The molecule has 1 heterocycles. The highest BCUT2D eigenvalue weighted by Gasteiger charge is 2.36. The van der Waals surface area contributed by atoms with Gasteiger partial charge in [0.2, 0.25) is 5.91 Å². The molecule has 0 aromatic heterocycles. The number of anilines is 1. The number of unbranched alkanes of at least 4 members (excludes halogenated alkanes) is 1. The zero-order chi connectivity index (χ0) is 30.2. The molecule has 8 nitrogen and oxygen atoms in total. The lowest BCUT2D eigenvalue weighted by atomic mass is 10.2. The van der Waals surface area contributed by atoms with Gasteiger partial charge in [-0.25, -0.2) is 4.79 Å². The van der Waals surface area contributed by atoms with Crippen LogP contribution in [0.25, 0.3) is 6.08 Å². The molecule has 0 aliphatic carbocycles. The third-order valence-corrected chi connectivity index (χ3v) is 8.05. The summed E-state index contributed by atoms with van der Waals surface area (Å²) in [6.45, 7) is 2.08. The smallest absolute Gasteiger partial charge is 0.339 e. The van der Waals surface area contributed by atoms with Crippen molar-refractivity contribution in [2.45, 2.75) is 26.4 Å². The van der Waals surface area contributed by atoms with Crippen LogP contribution in [0.4, 0.5) is 10.5 Å². The third kappa shape index (κ3) is 8.38. The van der Waals surface area contributed by atoms with Crippen molar-refractivity contribution in [3.63, 3.8) is 0 Å². The van der Waals surface area contributed by atoms with Crippen LogP contribution in [0.2, 0.25) is 10.0 Å². The van der Waals surface area contributed by atoms with E-state index < -0.39 is 29.6 Å². The first-order chi connectivity index (χ1) is 20.1. The van der Waals surface area contributed by atoms with Crippen molar-refractivity contribution < 1.29 is 28.7 Å². The molecule has 1 aliphatic heterocycles. The molecule has 3 aromatic carbocycles. The van der Waals surface area contributed by atoms with Crippen LogP contribution in [0.15, 0.2) is 70.0 Å². The average Bonchev–Trinajstić information content (AvgIpc) is 3.21. The molecule has 12 heteroatoms. The van der Waals surface area contributed by atoms with Gasteiger partial charge < -0.3 is 14.8 Å². The van der Waals surface area contributed by atoms with Crippen LogP contribution in [0.1, 0.15) is 41.3 Å². The van der Waals surface area contributed by atoms with Crippen molar-refractivity contribution in [3.8, 4) is 5.75 Å². The number of amides is 3. The Balaban J connectivity index is 1.37. The molecule has 4 rings (SSSR count). The molecule has 3 aromatic rings. The van der Waals surface area contributed by atoms with E-state index in [4.69, 9.17) is 32.7 Å². The van der Waals surface area contributed by atoms with Gasteiger partial charge in [-0.15, -0.1) is 0 Å². The van der Waals surface area contributed by atoms with Crippen molar-refractivity contribution in [1.82, 2.24) is 4.90 Å². The number of hydrogen-bond acceptors (Lipinski definition) is 7. The predicted molar refractivity (Wildman–Crippen MR) is 168 cm³/mol. The Morgan fingerprint density at radius 1 is 1.05 bits per heavy atom. The highest BCUT2D eigenvalue weighted by Crippen LogP contribution is 2.34. The molecule has 1 saturated heterocycles. The SMILES string of the molecule is CCCCOC(=O)c1cc(NC(=O)CN2C(=O)S/C(=C/c3ccc(OCc4ccc(Cl)cc4)c(Br)c3)C2=O)ccc1Cl. The Bertz CT molecular complexity index is 1550. The number of hydrogen-bond donors (Lipinski definition) is 1. The van der Waals surface area contributed by atoms with Crippen molar-refractivity contribution >= 4 is 85.7 Å².